The molecule has 0 saturated heterocycles. The minimum atomic E-state index is -0.530. The van der Waals surface area contributed by atoms with Gasteiger partial charge in [-0.2, -0.15) is 0 Å². The Bertz CT molecular complexity index is 438. The van der Waals surface area contributed by atoms with Crippen molar-refractivity contribution >= 4 is 5.91 Å². The molecular weight excluding hydrogens is 240 g/mol. The van der Waals surface area contributed by atoms with Gasteiger partial charge in [0.25, 0.3) is 0 Å². The number of phenols is 1. The van der Waals surface area contributed by atoms with Gasteiger partial charge in [-0.1, -0.05) is 19.1 Å². The third-order valence-electron chi connectivity index (χ3n) is 4.07. The van der Waals surface area contributed by atoms with Gasteiger partial charge in [0.15, 0.2) is 0 Å². The van der Waals surface area contributed by atoms with Crippen molar-refractivity contribution in [1.82, 2.24) is 5.32 Å². The Morgan fingerprint density at radius 2 is 2.05 bits per heavy atom. The molecule has 4 heteroatoms. The zero-order valence-corrected chi connectivity index (χ0v) is 11.4. The van der Waals surface area contributed by atoms with Crippen molar-refractivity contribution in [3.63, 3.8) is 0 Å². The van der Waals surface area contributed by atoms with Gasteiger partial charge in [0.05, 0.1) is 6.04 Å². The summed E-state index contributed by atoms with van der Waals surface area (Å²) in [5.41, 5.74) is 7.20. The third-order valence-corrected chi connectivity index (χ3v) is 4.07. The summed E-state index contributed by atoms with van der Waals surface area (Å²) in [4.78, 5) is 11.9. The number of benzene rings is 1. The fourth-order valence-corrected chi connectivity index (χ4v) is 2.22. The van der Waals surface area contributed by atoms with Crippen LogP contribution in [0.4, 0.5) is 0 Å². The molecule has 19 heavy (non-hydrogen) atoms. The first kappa shape index (κ1) is 13.9. The minimum Gasteiger partial charge on any atom is -0.508 e. The fourth-order valence-electron chi connectivity index (χ4n) is 2.22. The molecule has 1 aliphatic rings. The number of amides is 1. The third kappa shape index (κ3) is 3.70. The Hall–Kier alpha value is -1.55. The minimum absolute atomic E-state index is 0.0900. The van der Waals surface area contributed by atoms with Crippen LogP contribution in [0.5, 0.6) is 5.75 Å². The predicted molar refractivity (Wildman–Crippen MR) is 74.8 cm³/mol. The van der Waals surface area contributed by atoms with E-state index in [1.54, 1.807) is 24.3 Å². The van der Waals surface area contributed by atoms with E-state index in [0.717, 1.165) is 18.5 Å². The van der Waals surface area contributed by atoms with Crippen LogP contribution >= 0.6 is 0 Å². The van der Waals surface area contributed by atoms with Gasteiger partial charge >= 0.3 is 0 Å². The summed E-state index contributed by atoms with van der Waals surface area (Å²) in [5, 5.41) is 12.2. The van der Waals surface area contributed by atoms with Crippen LogP contribution in [0.3, 0.4) is 0 Å². The molecule has 1 amide bonds. The number of nitrogens with one attached hydrogen (secondary N) is 1. The quantitative estimate of drug-likeness (QED) is 0.728. The first-order chi connectivity index (χ1) is 9.04. The first-order valence-corrected chi connectivity index (χ1v) is 6.86. The van der Waals surface area contributed by atoms with E-state index >= 15 is 0 Å². The average Bonchev–Trinajstić information content (AvgIpc) is 3.19. The topological polar surface area (TPSA) is 75.4 Å². The molecule has 0 unspecified atom stereocenters. The monoisotopic (exact) mass is 262 g/mol. The lowest BCUT2D eigenvalue weighted by Crippen LogP contribution is -2.43. The highest BCUT2D eigenvalue weighted by Gasteiger charge is 2.40. The molecule has 1 atom stereocenters. The summed E-state index contributed by atoms with van der Waals surface area (Å²) in [6, 6.07) is 6.26. The van der Waals surface area contributed by atoms with E-state index in [1.165, 1.54) is 12.8 Å². The van der Waals surface area contributed by atoms with E-state index in [-0.39, 0.29) is 11.7 Å². The molecular formula is C15H22N2O2. The van der Waals surface area contributed by atoms with Crippen molar-refractivity contribution in [1.29, 1.82) is 0 Å². The fraction of sp³-hybridized carbons (Fsp3) is 0.533. The van der Waals surface area contributed by atoms with Crippen LogP contribution in [0.25, 0.3) is 0 Å². The lowest BCUT2D eigenvalue weighted by molar-refractivity contribution is -0.122. The summed E-state index contributed by atoms with van der Waals surface area (Å²) >= 11 is 0. The van der Waals surface area contributed by atoms with E-state index in [0.29, 0.717) is 11.8 Å². The van der Waals surface area contributed by atoms with Crippen LogP contribution < -0.4 is 11.1 Å². The standard InChI is InChI=1S/C15H22N2O2/c1-2-15(7-8-15)10-17-14(19)13(16)9-11-3-5-12(18)6-4-11/h3-6,13,18H,2,7-10,16H2,1H3,(H,17,19)/t13-/m1/s1. The van der Waals surface area contributed by atoms with Crippen LogP contribution in [-0.4, -0.2) is 23.6 Å². The zero-order valence-electron chi connectivity index (χ0n) is 11.4. The highest BCUT2D eigenvalue weighted by molar-refractivity contribution is 5.81. The molecule has 0 heterocycles. The van der Waals surface area contributed by atoms with Crippen LogP contribution in [0.15, 0.2) is 24.3 Å². The lowest BCUT2D eigenvalue weighted by atomic mass is 10.0. The molecule has 1 aliphatic carbocycles. The Morgan fingerprint density at radius 1 is 1.42 bits per heavy atom. The molecule has 104 valence electrons. The maximum atomic E-state index is 11.9. The molecule has 1 saturated carbocycles. The smallest absolute Gasteiger partial charge is 0.237 e. The van der Waals surface area contributed by atoms with Crippen molar-refractivity contribution in [3.05, 3.63) is 29.8 Å². The number of hydrogen-bond acceptors (Lipinski definition) is 3. The van der Waals surface area contributed by atoms with Crippen LogP contribution in [0, 0.1) is 5.41 Å². The largest absolute Gasteiger partial charge is 0.508 e. The van der Waals surface area contributed by atoms with Crippen molar-refractivity contribution < 1.29 is 9.90 Å². The second-order valence-electron chi connectivity index (χ2n) is 5.55. The van der Waals surface area contributed by atoms with E-state index in [4.69, 9.17) is 5.73 Å². The number of hydrogen-bond donors (Lipinski definition) is 3. The number of carbonyl (C=O) groups excluding carboxylic acids is 1. The molecule has 2 rings (SSSR count). The summed E-state index contributed by atoms with van der Waals surface area (Å²) < 4.78 is 0. The van der Waals surface area contributed by atoms with Gasteiger partial charge in [-0.25, -0.2) is 0 Å². The second kappa shape index (κ2) is 5.61. The molecule has 0 spiro atoms. The number of aromatic hydroxyl groups is 1. The number of carbonyl (C=O) groups is 1. The van der Waals surface area contributed by atoms with E-state index < -0.39 is 6.04 Å². The van der Waals surface area contributed by atoms with E-state index in [9.17, 15) is 9.90 Å². The summed E-state index contributed by atoms with van der Waals surface area (Å²) in [7, 11) is 0. The molecule has 0 aromatic heterocycles. The Kier molecular flexibility index (Phi) is 4.10. The number of rotatable bonds is 6. The first-order valence-electron chi connectivity index (χ1n) is 6.86. The molecule has 0 radical (unpaired) electrons. The van der Waals surface area contributed by atoms with Gasteiger partial charge in [-0.3, -0.25) is 4.79 Å². The molecule has 0 aliphatic heterocycles. The van der Waals surface area contributed by atoms with Crippen molar-refractivity contribution in [3.8, 4) is 5.75 Å². The van der Waals surface area contributed by atoms with Crippen molar-refractivity contribution in [2.24, 2.45) is 11.1 Å². The predicted octanol–water partition coefficient (Wildman–Crippen LogP) is 1.57. The number of phenolic OH excluding ortho intramolecular Hbond substituents is 1. The Balaban J connectivity index is 1.80. The molecule has 1 aromatic rings. The summed E-state index contributed by atoms with van der Waals surface area (Å²) in [5.74, 6) is 0.133. The zero-order chi connectivity index (χ0) is 13.9. The van der Waals surface area contributed by atoms with E-state index in [2.05, 4.69) is 12.2 Å². The molecule has 1 aromatic carbocycles. The van der Waals surface area contributed by atoms with Gasteiger partial charge in [0, 0.05) is 6.54 Å². The van der Waals surface area contributed by atoms with Crippen molar-refractivity contribution in [2.45, 2.75) is 38.6 Å². The maximum Gasteiger partial charge on any atom is 0.237 e. The van der Waals surface area contributed by atoms with Gasteiger partial charge in [0.1, 0.15) is 5.75 Å². The summed E-state index contributed by atoms with van der Waals surface area (Å²) in [6.07, 6.45) is 4.01. The lowest BCUT2D eigenvalue weighted by Gasteiger charge is -2.16. The Morgan fingerprint density at radius 3 is 2.58 bits per heavy atom. The Labute approximate surface area is 114 Å². The molecule has 4 nitrogen and oxygen atoms in total. The van der Waals surface area contributed by atoms with Crippen LogP contribution in [0.2, 0.25) is 0 Å². The highest BCUT2D eigenvalue weighted by Crippen LogP contribution is 2.47. The molecule has 1 fully saturated rings. The molecule has 0 bridgehead atoms. The average molecular weight is 262 g/mol. The van der Waals surface area contributed by atoms with Gasteiger partial charge in [-0.05, 0) is 48.8 Å². The normalized spacial score (nSPS) is 17.8. The van der Waals surface area contributed by atoms with Gasteiger partial charge in [-0.15, -0.1) is 0 Å². The molecule has 4 N–H and O–H groups in total. The highest BCUT2D eigenvalue weighted by atomic mass is 16.3. The van der Waals surface area contributed by atoms with Crippen LogP contribution in [-0.2, 0) is 11.2 Å². The van der Waals surface area contributed by atoms with Gasteiger partial charge < -0.3 is 16.2 Å². The van der Waals surface area contributed by atoms with Crippen LogP contribution in [0.1, 0.15) is 31.7 Å². The van der Waals surface area contributed by atoms with Gasteiger partial charge in [0.2, 0.25) is 5.91 Å². The number of nitrogens with two attached hydrogens (primary N) is 1. The SMILES string of the molecule is CCC1(CNC(=O)[C@H](N)Cc2ccc(O)cc2)CC1. The van der Waals surface area contributed by atoms with E-state index in [1.807, 2.05) is 0 Å². The summed E-state index contributed by atoms with van der Waals surface area (Å²) in [6.45, 7) is 2.90. The maximum absolute atomic E-state index is 11.9. The second-order valence-corrected chi connectivity index (χ2v) is 5.55. The van der Waals surface area contributed by atoms with Crippen molar-refractivity contribution in [2.75, 3.05) is 6.54 Å².